The molecule has 0 saturated carbocycles. The van der Waals surface area contributed by atoms with Gasteiger partial charge in [0.15, 0.2) is 0 Å². The number of aromatic nitrogens is 1. The molecular weight excluding hydrogens is 391 g/mol. The van der Waals surface area contributed by atoms with Crippen LogP contribution < -0.4 is 10.1 Å². The standard InChI is InChI=1S/C19H16Cl2N2O2S/c1-11-8-18(23-19-13(11)4-3-5-16(19)25-2)26-10-17(24)22-12-6-7-14(20)15(21)9-12/h3-9H,10H2,1-2H3,(H,22,24). The first-order chi connectivity index (χ1) is 12.5. The Morgan fingerprint density at radius 3 is 2.73 bits per heavy atom. The molecule has 0 aliphatic rings. The summed E-state index contributed by atoms with van der Waals surface area (Å²) in [6.07, 6.45) is 0. The minimum Gasteiger partial charge on any atom is -0.494 e. The number of carbonyl (C=O) groups is 1. The van der Waals surface area contributed by atoms with Crippen molar-refractivity contribution >= 4 is 57.5 Å². The highest BCUT2D eigenvalue weighted by Crippen LogP contribution is 2.30. The summed E-state index contributed by atoms with van der Waals surface area (Å²) in [5, 5.41) is 5.45. The molecule has 0 fully saturated rings. The monoisotopic (exact) mass is 406 g/mol. The fraction of sp³-hybridized carbons (Fsp3) is 0.158. The van der Waals surface area contributed by atoms with Crippen molar-refractivity contribution in [3.63, 3.8) is 0 Å². The van der Waals surface area contributed by atoms with Crippen molar-refractivity contribution in [1.29, 1.82) is 0 Å². The summed E-state index contributed by atoms with van der Waals surface area (Å²) >= 11 is 13.2. The second-order valence-corrected chi connectivity index (χ2v) is 7.41. The zero-order valence-corrected chi connectivity index (χ0v) is 16.5. The van der Waals surface area contributed by atoms with Gasteiger partial charge in [-0.1, -0.05) is 47.1 Å². The fourth-order valence-electron chi connectivity index (χ4n) is 2.51. The van der Waals surface area contributed by atoms with Gasteiger partial charge in [0.05, 0.1) is 27.9 Å². The number of nitrogens with zero attached hydrogens (tertiary/aromatic N) is 1. The molecule has 3 rings (SSSR count). The van der Waals surface area contributed by atoms with Crippen molar-refractivity contribution in [3.8, 4) is 5.75 Å². The van der Waals surface area contributed by atoms with Crippen LogP contribution in [0.2, 0.25) is 10.0 Å². The van der Waals surface area contributed by atoms with Crippen LogP contribution in [-0.2, 0) is 4.79 Å². The van der Waals surface area contributed by atoms with E-state index in [2.05, 4.69) is 10.3 Å². The predicted molar refractivity (Wildman–Crippen MR) is 109 cm³/mol. The van der Waals surface area contributed by atoms with Crippen LogP contribution in [0.3, 0.4) is 0 Å². The maximum atomic E-state index is 12.2. The molecule has 0 radical (unpaired) electrons. The van der Waals surface area contributed by atoms with Gasteiger partial charge in [-0.3, -0.25) is 4.79 Å². The quantitative estimate of drug-likeness (QED) is 0.561. The molecule has 26 heavy (non-hydrogen) atoms. The Morgan fingerprint density at radius 2 is 2.00 bits per heavy atom. The van der Waals surface area contributed by atoms with Crippen molar-refractivity contribution < 1.29 is 9.53 Å². The van der Waals surface area contributed by atoms with Crippen LogP contribution in [0.15, 0.2) is 47.5 Å². The zero-order valence-electron chi connectivity index (χ0n) is 14.2. The molecule has 0 spiro atoms. The van der Waals surface area contributed by atoms with E-state index in [0.29, 0.717) is 21.5 Å². The van der Waals surface area contributed by atoms with Crippen molar-refractivity contribution in [2.24, 2.45) is 0 Å². The summed E-state index contributed by atoms with van der Waals surface area (Å²) in [5.74, 6) is 0.800. The largest absolute Gasteiger partial charge is 0.494 e. The highest BCUT2D eigenvalue weighted by Gasteiger charge is 2.10. The summed E-state index contributed by atoms with van der Waals surface area (Å²) in [6.45, 7) is 2.02. The van der Waals surface area contributed by atoms with Crippen molar-refractivity contribution in [2.45, 2.75) is 11.9 Å². The summed E-state index contributed by atoms with van der Waals surface area (Å²) in [4.78, 5) is 16.8. The van der Waals surface area contributed by atoms with Gasteiger partial charge in [-0.2, -0.15) is 0 Å². The Morgan fingerprint density at radius 1 is 1.19 bits per heavy atom. The van der Waals surface area contributed by atoms with Gasteiger partial charge < -0.3 is 10.1 Å². The van der Waals surface area contributed by atoms with Gasteiger partial charge in [-0.15, -0.1) is 0 Å². The third kappa shape index (κ3) is 4.23. The maximum absolute atomic E-state index is 12.2. The molecule has 3 aromatic rings. The molecule has 7 heteroatoms. The Balaban J connectivity index is 1.72. The van der Waals surface area contributed by atoms with Crippen LogP contribution in [0.25, 0.3) is 10.9 Å². The molecule has 1 N–H and O–H groups in total. The average molecular weight is 407 g/mol. The second-order valence-electron chi connectivity index (χ2n) is 5.60. The highest BCUT2D eigenvalue weighted by atomic mass is 35.5. The number of halogens is 2. The van der Waals surface area contributed by atoms with Gasteiger partial charge in [0.25, 0.3) is 0 Å². The number of hydrogen-bond donors (Lipinski definition) is 1. The number of pyridine rings is 1. The van der Waals surface area contributed by atoms with E-state index in [4.69, 9.17) is 27.9 Å². The number of para-hydroxylation sites is 1. The van der Waals surface area contributed by atoms with Gasteiger partial charge in [-0.05, 0) is 42.8 Å². The highest BCUT2D eigenvalue weighted by molar-refractivity contribution is 7.99. The number of amides is 1. The number of methoxy groups -OCH3 is 1. The summed E-state index contributed by atoms with van der Waals surface area (Å²) in [7, 11) is 1.62. The molecule has 134 valence electrons. The minimum absolute atomic E-state index is 0.145. The van der Waals surface area contributed by atoms with Gasteiger partial charge in [-0.25, -0.2) is 4.98 Å². The van der Waals surface area contributed by atoms with E-state index in [-0.39, 0.29) is 11.7 Å². The number of nitrogens with one attached hydrogen (secondary N) is 1. The third-order valence-electron chi connectivity index (χ3n) is 3.76. The fourth-order valence-corrected chi connectivity index (χ4v) is 3.58. The summed E-state index contributed by atoms with van der Waals surface area (Å²) < 4.78 is 5.39. The molecule has 4 nitrogen and oxygen atoms in total. The van der Waals surface area contributed by atoms with Crippen LogP contribution in [0, 0.1) is 6.92 Å². The van der Waals surface area contributed by atoms with Gasteiger partial charge >= 0.3 is 0 Å². The molecule has 0 bridgehead atoms. The summed E-state index contributed by atoms with van der Waals surface area (Å²) in [6, 6.07) is 12.8. The number of aryl methyl sites for hydroxylation is 1. The zero-order chi connectivity index (χ0) is 18.7. The van der Waals surface area contributed by atoms with Gasteiger partial charge in [0, 0.05) is 11.1 Å². The molecule has 1 aromatic heterocycles. The van der Waals surface area contributed by atoms with E-state index >= 15 is 0 Å². The number of fused-ring (bicyclic) bond motifs is 1. The van der Waals surface area contributed by atoms with E-state index in [0.717, 1.165) is 21.5 Å². The van der Waals surface area contributed by atoms with E-state index < -0.39 is 0 Å². The first kappa shape index (κ1) is 18.8. The SMILES string of the molecule is COc1cccc2c(C)cc(SCC(=O)Nc3ccc(Cl)c(Cl)c3)nc12. The molecule has 1 heterocycles. The number of thioether (sulfide) groups is 1. The maximum Gasteiger partial charge on any atom is 0.234 e. The van der Waals surface area contributed by atoms with E-state index in [1.807, 2.05) is 31.2 Å². The molecule has 0 unspecified atom stereocenters. The molecule has 0 atom stereocenters. The molecule has 0 aliphatic heterocycles. The number of carbonyl (C=O) groups excluding carboxylic acids is 1. The van der Waals surface area contributed by atoms with E-state index in [9.17, 15) is 4.79 Å². The van der Waals surface area contributed by atoms with Gasteiger partial charge in [0.1, 0.15) is 11.3 Å². The van der Waals surface area contributed by atoms with Crippen LogP contribution >= 0.6 is 35.0 Å². The van der Waals surface area contributed by atoms with Crippen molar-refractivity contribution in [3.05, 3.63) is 58.1 Å². The first-order valence-corrected chi connectivity index (χ1v) is 9.54. The Kier molecular flexibility index (Phi) is 5.91. The van der Waals surface area contributed by atoms with Gasteiger partial charge in [0.2, 0.25) is 5.91 Å². The van der Waals surface area contributed by atoms with Crippen molar-refractivity contribution in [2.75, 3.05) is 18.2 Å². The lowest BCUT2D eigenvalue weighted by molar-refractivity contribution is -0.113. The Hall–Kier alpha value is -1.95. The molecule has 2 aromatic carbocycles. The predicted octanol–water partition coefficient (Wildman–Crippen LogP) is 5.59. The average Bonchev–Trinajstić information content (AvgIpc) is 2.63. The lowest BCUT2D eigenvalue weighted by Crippen LogP contribution is -2.14. The first-order valence-electron chi connectivity index (χ1n) is 7.80. The second kappa shape index (κ2) is 8.16. The van der Waals surface area contributed by atoms with Crippen LogP contribution in [-0.4, -0.2) is 23.8 Å². The van der Waals surface area contributed by atoms with Crippen LogP contribution in [0.5, 0.6) is 5.75 Å². The van der Waals surface area contributed by atoms with E-state index in [1.54, 1.807) is 25.3 Å². The number of rotatable bonds is 5. The molecule has 0 aliphatic carbocycles. The topological polar surface area (TPSA) is 51.2 Å². The number of hydrogen-bond acceptors (Lipinski definition) is 4. The molecular formula is C19H16Cl2N2O2S. The molecule has 0 saturated heterocycles. The van der Waals surface area contributed by atoms with Crippen LogP contribution in [0.1, 0.15) is 5.56 Å². The molecule has 1 amide bonds. The lowest BCUT2D eigenvalue weighted by atomic mass is 10.1. The Bertz CT molecular complexity index is 979. The smallest absolute Gasteiger partial charge is 0.234 e. The number of anilines is 1. The number of benzene rings is 2. The summed E-state index contributed by atoms with van der Waals surface area (Å²) in [5.41, 5.74) is 2.48. The van der Waals surface area contributed by atoms with Crippen LogP contribution in [0.4, 0.5) is 5.69 Å². The Labute approximate surface area is 165 Å². The normalized spacial score (nSPS) is 10.8. The van der Waals surface area contributed by atoms with E-state index in [1.165, 1.54) is 11.8 Å². The minimum atomic E-state index is -0.145. The number of ether oxygens (including phenoxy) is 1. The van der Waals surface area contributed by atoms with Crippen molar-refractivity contribution in [1.82, 2.24) is 4.98 Å². The third-order valence-corrected chi connectivity index (χ3v) is 5.41. The lowest BCUT2D eigenvalue weighted by Gasteiger charge is -2.10.